The molecule has 0 bridgehead atoms. The lowest BCUT2D eigenvalue weighted by Gasteiger charge is -2.33. The number of hydrogen-bond donors (Lipinski definition) is 1. The highest BCUT2D eigenvalue weighted by Crippen LogP contribution is 2.34. The molecular formula is C33H41FN2O5. The molecule has 0 spiro atoms. The number of anilines is 1. The maximum absolute atomic E-state index is 13.0. The Bertz CT molecular complexity index is 1210. The minimum Gasteiger partial charge on any atom is -0.493 e. The molecule has 0 unspecified atom stereocenters. The first kappa shape index (κ1) is 29.2. The molecule has 2 heterocycles. The third-order valence-electron chi connectivity index (χ3n) is 7.60. The van der Waals surface area contributed by atoms with E-state index in [2.05, 4.69) is 40.5 Å². The van der Waals surface area contributed by atoms with Crippen LogP contribution in [0.2, 0.25) is 0 Å². The molecule has 0 saturated carbocycles. The molecule has 1 N–H and O–H groups in total. The van der Waals surface area contributed by atoms with Crippen molar-refractivity contribution in [2.75, 3.05) is 64.6 Å². The maximum atomic E-state index is 13.0. The van der Waals surface area contributed by atoms with Crippen LogP contribution in [0.5, 0.6) is 17.2 Å². The lowest BCUT2D eigenvalue weighted by atomic mass is 9.87. The van der Waals surface area contributed by atoms with Crippen molar-refractivity contribution in [2.45, 2.75) is 37.9 Å². The van der Waals surface area contributed by atoms with Crippen LogP contribution in [-0.2, 0) is 16.1 Å². The Hall–Kier alpha value is -3.33. The quantitative estimate of drug-likeness (QED) is 0.257. The first-order chi connectivity index (χ1) is 20.2. The van der Waals surface area contributed by atoms with E-state index < -0.39 is 0 Å². The highest BCUT2D eigenvalue weighted by Gasteiger charge is 2.27. The zero-order valence-corrected chi connectivity index (χ0v) is 23.9. The standard InChI is InChI=1S/C33H41FN2O5/c1-37-18-2-16-36-17-21-40-32-13-4-25(22-31(32)36)24-41-33-23-35-15-14-30(33)26-5-9-28(10-6-26)38-19-3-20-39-29-11-7-27(34)8-12-29/h4-13,22,30,33,35H,2-3,14-21,23-24H2,1H3/t30-,33+/m1/s1. The third-order valence-corrected chi connectivity index (χ3v) is 7.60. The van der Waals surface area contributed by atoms with Crippen LogP contribution in [0.15, 0.2) is 66.7 Å². The van der Waals surface area contributed by atoms with Crippen LogP contribution in [0, 0.1) is 5.82 Å². The molecule has 220 valence electrons. The summed E-state index contributed by atoms with van der Waals surface area (Å²) in [6.45, 7) is 6.73. The summed E-state index contributed by atoms with van der Waals surface area (Å²) in [7, 11) is 1.75. The molecule has 5 rings (SSSR count). The van der Waals surface area contributed by atoms with E-state index in [1.165, 1.54) is 17.7 Å². The van der Waals surface area contributed by atoms with Crippen molar-refractivity contribution in [2.24, 2.45) is 0 Å². The summed E-state index contributed by atoms with van der Waals surface area (Å²) in [4.78, 5) is 2.38. The Kier molecular flexibility index (Phi) is 10.7. The fraction of sp³-hybridized carbons (Fsp3) is 0.455. The maximum Gasteiger partial charge on any atom is 0.142 e. The Labute approximate surface area is 242 Å². The molecule has 1 saturated heterocycles. The second-order valence-electron chi connectivity index (χ2n) is 10.5. The smallest absolute Gasteiger partial charge is 0.142 e. The highest BCUT2D eigenvalue weighted by atomic mass is 19.1. The van der Waals surface area contributed by atoms with Crippen molar-refractivity contribution < 1.29 is 28.1 Å². The number of hydrogen-bond acceptors (Lipinski definition) is 7. The van der Waals surface area contributed by atoms with E-state index in [9.17, 15) is 4.39 Å². The minimum absolute atomic E-state index is 0.0872. The molecule has 0 amide bonds. The van der Waals surface area contributed by atoms with Crippen LogP contribution in [0.1, 0.15) is 36.3 Å². The Morgan fingerprint density at radius 2 is 1.68 bits per heavy atom. The SMILES string of the molecule is COCCCN1CCOc2ccc(CO[C@H]3CNCC[C@@H]3c3ccc(OCCCOc4ccc(F)cc4)cc3)cc21. The molecule has 7 nitrogen and oxygen atoms in total. The predicted molar refractivity (Wildman–Crippen MR) is 158 cm³/mol. The van der Waals surface area contributed by atoms with Gasteiger partial charge in [0.2, 0.25) is 0 Å². The number of ether oxygens (including phenoxy) is 5. The molecule has 41 heavy (non-hydrogen) atoms. The largest absolute Gasteiger partial charge is 0.493 e. The van der Waals surface area contributed by atoms with Gasteiger partial charge in [0.05, 0.1) is 38.2 Å². The molecule has 8 heteroatoms. The molecule has 2 aliphatic heterocycles. The van der Waals surface area contributed by atoms with Crippen molar-refractivity contribution in [3.05, 3.63) is 83.7 Å². The van der Waals surface area contributed by atoms with Gasteiger partial charge in [0.1, 0.15) is 29.7 Å². The Morgan fingerprint density at radius 3 is 2.44 bits per heavy atom. The minimum atomic E-state index is -0.266. The molecule has 0 aliphatic carbocycles. The number of fused-ring (bicyclic) bond motifs is 1. The first-order valence-corrected chi connectivity index (χ1v) is 14.6. The summed E-state index contributed by atoms with van der Waals surface area (Å²) in [6, 6.07) is 20.8. The molecule has 0 aromatic heterocycles. The number of methoxy groups -OCH3 is 1. The summed E-state index contributed by atoms with van der Waals surface area (Å²) in [5.41, 5.74) is 3.57. The van der Waals surface area contributed by atoms with Crippen molar-refractivity contribution >= 4 is 5.69 Å². The zero-order chi connectivity index (χ0) is 28.3. The van der Waals surface area contributed by atoms with Crippen LogP contribution >= 0.6 is 0 Å². The fourth-order valence-electron chi connectivity index (χ4n) is 5.41. The van der Waals surface area contributed by atoms with Crippen LogP contribution in [0.3, 0.4) is 0 Å². The molecule has 0 radical (unpaired) electrons. The van der Waals surface area contributed by atoms with Crippen LogP contribution in [0.25, 0.3) is 0 Å². The molecule has 2 aliphatic rings. The van der Waals surface area contributed by atoms with E-state index in [0.29, 0.717) is 38.1 Å². The van der Waals surface area contributed by atoms with Crippen molar-refractivity contribution in [1.29, 1.82) is 0 Å². The lowest BCUT2D eigenvalue weighted by Crippen LogP contribution is -2.41. The number of piperidine rings is 1. The average molecular weight is 565 g/mol. The van der Waals surface area contributed by atoms with E-state index in [0.717, 1.165) is 74.8 Å². The van der Waals surface area contributed by atoms with Gasteiger partial charge in [-0.3, -0.25) is 0 Å². The normalized spacial score (nSPS) is 18.4. The Balaban J connectivity index is 1.11. The third kappa shape index (κ3) is 8.35. The predicted octanol–water partition coefficient (Wildman–Crippen LogP) is 5.57. The second kappa shape index (κ2) is 15.1. The van der Waals surface area contributed by atoms with Crippen LogP contribution in [0.4, 0.5) is 10.1 Å². The van der Waals surface area contributed by atoms with Gasteiger partial charge in [-0.05, 0) is 79.0 Å². The summed E-state index contributed by atoms with van der Waals surface area (Å²) in [6.07, 6.45) is 2.84. The van der Waals surface area contributed by atoms with Gasteiger partial charge in [-0.25, -0.2) is 4.39 Å². The molecule has 3 aromatic carbocycles. The van der Waals surface area contributed by atoms with Gasteiger partial charge < -0.3 is 33.9 Å². The van der Waals surface area contributed by atoms with Gasteiger partial charge in [-0.1, -0.05) is 18.2 Å². The number of benzene rings is 3. The second-order valence-corrected chi connectivity index (χ2v) is 10.5. The lowest BCUT2D eigenvalue weighted by molar-refractivity contribution is 0.0106. The first-order valence-electron chi connectivity index (χ1n) is 14.6. The molecule has 1 fully saturated rings. The molecular weight excluding hydrogens is 523 g/mol. The monoisotopic (exact) mass is 564 g/mol. The van der Waals surface area contributed by atoms with Gasteiger partial charge in [0, 0.05) is 39.1 Å². The summed E-state index contributed by atoms with van der Waals surface area (Å²) in [5.74, 6) is 2.50. The zero-order valence-electron chi connectivity index (χ0n) is 23.9. The van der Waals surface area contributed by atoms with Crippen LogP contribution in [-0.4, -0.2) is 65.8 Å². The van der Waals surface area contributed by atoms with Gasteiger partial charge in [0.15, 0.2) is 0 Å². The average Bonchev–Trinajstić information content (AvgIpc) is 3.01. The van der Waals surface area contributed by atoms with E-state index in [-0.39, 0.29) is 11.9 Å². The topological polar surface area (TPSA) is 61.4 Å². The van der Waals surface area contributed by atoms with Gasteiger partial charge in [0.25, 0.3) is 0 Å². The van der Waals surface area contributed by atoms with Gasteiger partial charge in [-0.15, -0.1) is 0 Å². The number of nitrogens with zero attached hydrogens (tertiary/aromatic N) is 1. The van der Waals surface area contributed by atoms with Crippen molar-refractivity contribution in [1.82, 2.24) is 5.32 Å². The summed E-state index contributed by atoms with van der Waals surface area (Å²) in [5, 5.41) is 3.50. The highest BCUT2D eigenvalue weighted by molar-refractivity contribution is 5.61. The fourth-order valence-corrected chi connectivity index (χ4v) is 5.41. The number of halogens is 1. The summed E-state index contributed by atoms with van der Waals surface area (Å²) < 4.78 is 42.2. The van der Waals surface area contributed by atoms with E-state index in [1.807, 2.05) is 12.1 Å². The number of nitrogens with one attached hydrogen (secondary N) is 1. The summed E-state index contributed by atoms with van der Waals surface area (Å²) >= 11 is 0. The van der Waals surface area contributed by atoms with E-state index in [1.54, 1.807) is 19.2 Å². The molecule has 3 aromatic rings. The Morgan fingerprint density at radius 1 is 0.927 bits per heavy atom. The van der Waals surface area contributed by atoms with Gasteiger partial charge >= 0.3 is 0 Å². The van der Waals surface area contributed by atoms with Crippen molar-refractivity contribution in [3.63, 3.8) is 0 Å². The van der Waals surface area contributed by atoms with E-state index in [4.69, 9.17) is 23.7 Å². The van der Waals surface area contributed by atoms with Gasteiger partial charge in [-0.2, -0.15) is 0 Å². The molecule has 2 atom stereocenters. The van der Waals surface area contributed by atoms with Crippen LogP contribution < -0.4 is 24.4 Å². The van der Waals surface area contributed by atoms with E-state index >= 15 is 0 Å². The van der Waals surface area contributed by atoms with Crippen molar-refractivity contribution in [3.8, 4) is 17.2 Å². The number of rotatable bonds is 14.